The van der Waals surface area contributed by atoms with E-state index >= 15 is 0 Å². The molecule has 1 aromatic heterocycles. The van der Waals surface area contributed by atoms with Crippen LogP contribution in [0.3, 0.4) is 0 Å². The Kier molecular flexibility index (Phi) is 5.82. The van der Waals surface area contributed by atoms with Crippen molar-refractivity contribution >= 4 is 17.2 Å². The monoisotopic (exact) mass is 283 g/mol. The molecule has 5 heteroatoms. The third kappa shape index (κ3) is 4.60. The van der Waals surface area contributed by atoms with Crippen LogP contribution >= 0.6 is 11.3 Å². The van der Waals surface area contributed by atoms with Crippen LogP contribution in [0.1, 0.15) is 17.7 Å². The van der Waals surface area contributed by atoms with Gasteiger partial charge in [-0.05, 0) is 24.3 Å². The molecule has 0 saturated carbocycles. The molecule has 0 bridgehead atoms. The highest BCUT2D eigenvalue weighted by Crippen LogP contribution is 2.14. The molecule has 0 aromatic carbocycles. The molecule has 0 radical (unpaired) electrons. The van der Waals surface area contributed by atoms with Crippen molar-refractivity contribution in [2.75, 3.05) is 32.9 Å². The van der Waals surface area contributed by atoms with Crippen molar-refractivity contribution in [1.82, 2.24) is 4.90 Å². The van der Waals surface area contributed by atoms with Gasteiger partial charge in [-0.15, -0.1) is 11.3 Å². The Labute approximate surface area is 118 Å². The van der Waals surface area contributed by atoms with Crippen LogP contribution in [0.15, 0.2) is 17.5 Å². The van der Waals surface area contributed by atoms with Gasteiger partial charge < -0.3 is 14.7 Å². The van der Waals surface area contributed by atoms with E-state index < -0.39 is 0 Å². The number of aliphatic hydroxyl groups is 1. The maximum atomic E-state index is 12.1. The molecule has 1 N–H and O–H groups in total. The first-order chi connectivity index (χ1) is 9.29. The van der Waals surface area contributed by atoms with Gasteiger partial charge in [-0.3, -0.25) is 4.79 Å². The Hall–Kier alpha value is -0.910. The van der Waals surface area contributed by atoms with Crippen molar-refractivity contribution in [2.45, 2.75) is 19.3 Å². The smallest absolute Gasteiger partial charge is 0.222 e. The number of hydrogen-bond donors (Lipinski definition) is 1. The van der Waals surface area contributed by atoms with Gasteiger partial charge in [0.15, 0.2) is 0 Å². The number of hydrogen-bond acceptors (Lipinski definition) is 4. The number of nitrogens with zero attached hydrogens (tertiary/aromatic N) is 1. The van der Waals surface area contributed by atoms with Gasteiger partial charge in [0.2, 0.25) is 5.91 Å². The number of carbonyl (C=O) groups is 1. The van der Waals surface area contributed by atoms with Gasteiger partial charge in [0.25, 0.3) is 0 Å². The van der Waals surface area contributed by atoms with E-state index in [4.69, 9.17) is 4.74 Å². The van der Waals surface area contributed by atoms with E-state index in [1.807, 2.05) is 11.0 Å². The Morgan fingerprint density at radius 3 is 3.21 bits per heavy atom. The fourth-order valence-electron chi connectivity index (χ4n) is 2.24. The molecule has 4 nitrogen and oxygen atoms in total. The highest BCUT2D eigenvalue weighted by Gasteiger charge is 2.21. The lowest BCUT2D eigenvalue weighted by atomic mass is 10.1. The maximum absolute atomic E-state index is 12.1. The molecule has 1 aliphatic rings. The lowest BCUT2D eigenvalue weighted by molar-refractivity contribution is -0.131. The first-order valence-electron chi connectivity index (χ1n) is 6.78. The normalized spacial score (nSPS) is 20.3. The van der Waals surface area contributed by atoms with Crippen LogP contribution in [0.2, 0.25) is 0 Å². The van der Waals surface area contributed by atoms with Crippen molar-refractivity contribution in [3.05, 3.63) is 22.4 Å². The van der Waals surface area contributed by atoms with Crippen molar-refractivity contribution in [2.24, 2.45) is 5.92 Å². The van der Waals surface area contributed by atoms with Crippen LogP contribution in [0.5, 0.6) is 0 Å². The predicted molar refractivity (Wildman–Crippen MR) is 75.2 cm³/mol. The second kappa shape index (κ2) is 7.62. The molecule has 106 valence electrons. The number of rotatable bonds is 5. The molecular formula is C14H21NO3S. The molecule has 1 fully saturated rings. The van der Waals surface area contributed by atoms with Gasteiger partial charge in [-0.1, -0.05) is 6.07 Å². The number of thiophene rings is 1. The summed E-state index contributed by atoms with van der Waals surface area (Å²) in [5.74, 6) is 0.240. The first kappa shape index (κ1) is 14.5. The summed E-state index contributed by atoms with van der Waals surface area (Å²) in [5.41, 5.74) is 0. The summed E-state index contributed by atoms with van der Waals surface area (Å²) in [6.07, 6.45) is 2.44. The largest absolute Gasteiger partial charge is 0.396 e. The van der Waals surface area contributed by atoms with Crippen LogP contribution in [0.4, 0.5) is 0 Å². The number of ether oxygens (including phenoxy) is 1. The molecule has 19 heavy (non-hydrogen) atoms. The average molecular weight is 283 g/mol. The van der Waals surface area contributed by atoms with E-state index in [-0.39, 0.29) is 18.4 Å². The molecule has 2 heterocycles. The van der Waals surface area contributed by atoms with Crippen molar-refractivity contribution < 1.29 is 14.6 Å². The van der Waals surface area contributed by atoms with Gasteiger partial charge in [0.05, 0.1) is 13.2 Å². The first-order valence-corrected chi connectivity index (χ1v) is 7.66. The molecule has 0 aliphatic carbocycles. The minimum atomic E-state index is 0.0590. The molecule has 1 saturated heterocycles. The highest BCUT2D eigenvalue weighted by molar-refractivity contribution is 7.09. The average Bonchev–Trinajstić information content (AvgIpc) is 2.81. The molecule has 1 unspecified atom stereocenters. The number of aryl methyl sites for hydroxylation is 1. The fraction of sp³-hybridized carbons (Fsp3) is 0.643. The molecule has 1 atom stereocenters. The maximum Gasteiger partial charge on any atom is 0.222 e. The van der Waals surface area contributed by atoms with Crippen LogP contribution in [0.25, 0.3) is 0 Å². The van der Waals surface area contributed by atoms with Crippen molar-refractivity contribution in [3.63, 3.8) is 0 Å². The summed E-state index contributed by atoms with van der Waals surface area (Å²) in [7, 11) is 0. The van der Waals surface area contributed by atoms with Gasteiger partial charge in [-0.2, -0.15) is 0 Å². The topological polar surface area (TPSA) is 49.8 Å². The Morgan fingerprint density at radius 1 is 1.58 bits per heavy atom. The fourth-order valence-corrected chi connectivity index (χ4v) is 3.00. The number of carbonyl (C=O) groups excluding carboxylic acids is 1. The zero-order valence-corrected chi connectivity index (χ0v) is 11.9. The second-order valence-electron chi connectivity index (χ2n) is 4.90. The van der Waals surface area contributed by atoms with Crippen LogP contribution in [-0.4, -0.2) is 48.8 Å². The SMILES string of the molecule is O=C(CCCc1cccs1)N1CCOCC(CO)C1. The predicted octanol–water partition coefficient (Wildman–Crippen LogP) is 1.54. The van der Waals surface area contributed by atoms with Crippen LogP contribution in [-0.2, 0) is 16.0 Å². The zero-order valence-electron chi connectivity index (χ0n) is 11.1. The summed E-state index contributed by atoms with van der Waals surface area (Å²) >= 11 is 1.74. The molecular weight excluding hydrogens is 262 g/mol. The van der Waals surface area contributed by atoms with E-state index in [0.29, 0.717) is 32.7 Å². The molecule has 2 rings (SSSR count). The quantitative estimate of drug-likeness (QED) is 0.892. The van der Waals surface area contributed by atoms with Gasteiger partial charge in [0.1, 0.15) is 0 Å². The summed E-state index contributed by atoms with van der Waals surface area (Å²) in [6.45, 7) is 2.48. The minimum Gasteiger partial charge on any atom is -0.396 e. The zero-order chi connectivity index (χ0) is 13.5. The second-order valence-corrected chi connectivity index (χ2v) is 5.93. The number of aliphatic hydroxyl groups excluding tert-OH is 1. The summed E-state index contributed by atoms with van der Waals surface area (Å²) in [6, 6.07) is 4.15. The molecule has 0 spiro atoms. The summed E-state index contributed by atoms with van der Waals surface area (Å²) in [5, 5.41) is 11.3. The Morgan fingerprint density at radius 2 is 2.47 bits per heavy atom. The van der Waals surface area contributed by atoms with Crippen LogP contribution < -0.4 is 0 Å². The molecule has 1 aromatic rings. The third-order valence-electron chi connectivity index (χ3n) is 3.34. The lowest BCUT2D eigenvalue weighted by Gasteiger charge is -2.22. The van der Waals surface area contributed by atoms with E-state index in [1.165, 1.54) is 4.88 Å². The summed E-state index contributed by atoms with van der Waals surface area (Å²) < 4.78 is 5.39. The Balaban J connectivity index is 1.75. The van der Waals surface area contributed by atoms with Crippen molar-refractivity contribution in [1.29, 1.82) is 0 Å². The van der Waals surface area contributed by atoms with Gasteiger partial charge in [0, 0.05) is 36.9 Å². The molecule has 1 aliphatic heterocycles. The van der Waals surface area contributed by atoms with Crippen LogP contribution in [0, 0.1) is 5.92 Å². The lowest BCUT2D eigenvalue weighted by Crippen LogP contribution is -2.36. The van der Waals surface area contributed by atoms with E-state index in [2.05, 4.69) is 11.4 Å². The summed E-state index contributed by atoms with van der Waals surface area (Å²) in [4.78, 5) is 15.3. The Bertz CT molecular complexity index is 380. The minimum absolute atomic E-state index is 0.0590. The van der Waals surface area contributed by atoms with Gasteiger partial charge >= 0.3 is 0 Å². The van der Waals surface area contributed by atoms with E-state index in [1.54, 1.807) is 11.3 Å². The third-order valence-corrected chi connectivity index (χ3v) is 4.28. The van der Waals surface area contributed by atoms with E-state index in [0.717, 1.165) is 12.8 Å². The standard InChI is InChI=1S/C14H21NO3S/c16-10-12-9-15(6-7-18-11-12)14(17)5-1-3-13-4-2-8-19-13/h2,4,8,12,16H,1,3,5-7,9-11H2. The molecule has 1 amide bonds. The van der Waals surface area contributed by atoms with Gasteiger partial charge in [-0.25, -0.2) is 0 Å². The number of amides is 1. The highest BCUT2D eigenvalue weighted by atomic mass is 32.1. The van der Waals surface area contributed by atoms with E-state index in [9.17, 15) is 9.90 Å². The van der Waals surface area contributed by atoms with Crippen molar-refractivity contribution in [3.8, 4) is 0 Å².